The molecule has 0 aliphatic rings. The van der Waals surface area contributed by atoms with Gasteiger partial charge in [0.15, 0.2) is 0 Å². The van der Waals surface area contributed by atoms with Crippen molar-refractivity contribution < 1.29 is 9.59 Å². The zero-order valence-electron chi connectivity index (χ0n) is 12.5. The van der Waals surface area contributed by atoms with E-state index in [-0.39, 0.29) is 11.8 Å². The quantitative estimate of drug-likeness (QED) is 0.535. The molecule has 112 valence electrons. The van der Waals surface area contributed by atoms with Gasteiger partial charge in [0.25, 0.3) is 0 Å². The molecule has 2 amide bonds. The largest absolute Gasteiger partial charge is 0.370 e. The zero-order chi connectivity index (χ0) is 14.5. The van der Waals surface area contributed by atoms with E-state index in [9.17, 15) is 9.59 Å². The van der Waals surface area contributed by atoms with E-state index in [1.165, 1.54) is 6.42 Å². The van der Waals surface area contributed by atoms with Crippen molar-refractivity contribution in [3.05, 3.63) is 0 Å². The number of carbonyl (C=O) groups is 2. The van der Waals surface area contributed by atoms with Gasteiger partial charge in [0.05, 0.1) is 0 Å². The first-order chi connectivity index (χ1) is 9.06. The Morgan fingerprint density at radius 2 is 1.74 bits per heavy atom. The lowest BCUT2D eigenvalue weighted by molar-refractivity contribution is -0.121. The fraction of sp³-hybridized carbons (Fsp3) is 0.867. The first-order valence-corrected chi connectivity index (χ1v) is 7.61. The van der Waals surface area contributed by atoms with Crippen molar-refractivity contribution in [2.45, 2.75) is 71.6 Å². The van der Waals surface area contributed by atoms with E-state index in [1.54, 1.807) is 0 Å². The Hall–Kier alpha value is -1.06. The summed E-state index contributed by atoms with van der Waals surface area (Å²) >= 11 is 0. The van der Waals surface area contributed by atoms with Crippen LogP contribution in [-0.4, -0.2) is 18.4 Å². The molecule has 4 heteroatoms. The van der Waals surface area contributed by atoms with Crippen LogP contribution in [-0.2, 0) is 9.59 Å². The van der Waals surface area contributed by atoms with Crippen LogP contribution in [0.1, 0.15) is 71.6 Å². The molecule has 0 aromatic carbocycles. The Balaban J connectivity index is 3.27. The highest BCUT2D eigenvalue weighted by atomic mass is 16.1. The van der Waals surface area contributed by atoms with Gasteiger partial charge >= 0.3 is 0 Å². The summed E-state index contributed by atoms with van der Waals surface area (Å²) in [5.74, 6) is 0.660. The van der Waals surface area contributed by atoms with Crippen molar-refractivity contribution >= 4 is 11.8 Å². The van der Waals surface area contributed by atoms with Gasteiger partial charge in [0.1, 0.15) is 0 Å². The Kier molecular flexibility index (Phi) is 11.3. The minimum atomic E-state index is -0.227. The molecule has 0 heterocycles. The maximum atomic E-state index is 11.5. The number of hydrogen-bond donors (Lipinski definition) is 2. The molecule has 0 aromatic heterocycles. The number of hydrogen-bond acceptors (Lipinski definition) is 2. The van der Waals surface area contributed by atoms with Crippen molar-refractivity contribution in [1.29, 1.82) is 0 Å². The normalized spacial score (nSPS) is 12.1. The van der Waals surface area contributed by atoms with Crippen LogP contribution in [0.2, 0.25) is 0 Å². The Labute approximate surface area is 117 Å². The highest BCUT2D eigenvalue weighted by Gasteiger charge is 2.03. The summed E-state index contributed by atoms with van der Waals surface area (Å²) in [6.45, 7) is 5.16. The lowest BCUT2D eigenvalue weighted by atomic mass is 10.0. The number of primary amides is 1. The molecule has 0 spiro atoms. The summed E-state index contributed by atoms with van der Waals surface area (Å²) < 4.78 is 0. The molecule has 0 fully saturated rings. The van der Waals surface area contributed by atoms with Gasteiger partial charge < -0.3 is 11.1 Å². The SMILES string of the molecule is CC[C@H](C)CCCC(=O)NCCCCCCC(N)=O. The third-order valence-corrected chi connectivity index (χ3v) is 3.47. The molecule has 0 radical (unpaired) electrons. The number of nitrogens with one attached hydrogen (secondary N) is 1. The van der Waals surface area contributed by atoms with Gasteiger partial charge in [-0.3, -0.25) is 9.59 Å². The average Bonchev–Trinajstić information content (AvgIpc) is 2.37. The molecule has 0 saturated carbocycles. The van der Waals surface area contributed by atoms with Crippen molar-refractivity contribution in [2.75, 3.05) is 6.54 Å². The number of nitrogens with two attached hydrogens (primary N) is 1. The summed E-state index contributed by atoms with van der Waals surface area (Å²) in [5, 5.41) is 2.94. The minimum absolute atomic E-state index is 0.167. The molecule has 19 heavy (non-hydrogen) atoms. The van der Waals surface area contributed by atoms with E-state index in [4.69, 9.17) is 5.73 Å². The number of amides is 2. The van der Waals surface area contributed by atoms with E-state index < -0.39 is 0 Å². The van der Waals surface area contributed by atoms with Crippen molar-refractivity contribution in [1.82, 2.24) is 5.32 Å². The maximum Gasteiger partial charge on any atom is 0.219 e. The second-order valence-corrected chi connectivity index (χ2v) is 5.39. The van der Waals surface area contributed by atoms with Crippen LogP contribution in [0.25, 0.3) is 0 Å². The van der Waals surface area contributed by atoms with Gasteiger partial charge in [-0.25, -0.2) is 0 Å². The van der Waals surface area contributed by atoms with Crippen LogP contribution in [0.5, 0.6) is 0 Å². The second-order valence-electron chi connectivity index (χ2n) is 5.39. The van der Waals surface area contributed by atoms with Crippen molar-refractivity contribution in [2.24, 2.45) is 11.7 Å². The second kappa shape index (κ2) is 12.0. The number of unbranched alkanes of at least 4 members (excludes halogenated alkanes) is 3. The van der Waals surface area contributed by atoms with Gasteiger partial charge in [-0.1, -0.05) is 39.5 Å². The Morgan fingerprint density at radius 1 is 1.05 bits per heavy atom. The third-order valence-electron chi connectivity index (χ3n) is 3.47. The predicted molar refractivity (Wildman–Crippen MR) is 78.6 cm³/mol. The molecule has 0 saturated heterocycles. The molecule has 0 aliphatic carbocycles. The number of rotatable bonds is 12. The highest BCUT2D eigenvalue weighted by molar-refractivity contribution is 5.75. The van der Waals surface area contributed by atoms with E-state index >= 15 is 0 Å². The van der Waals surface area contributed by atoms with E-state index in [0.29, 0.717) is 12.8 Å². The molecule has 0 bridgehead atoms. The van der Waals surface area contributed by atoms with Crippen LogP contribution in [0.15, 0.2) is 0 Å². The molecular formula is C15H30N2O2. The van der Waals surface area contributed by atoms with Crippen LogP contribution < -0.4 is 11.1 Å². The van der Waals surface area contributed by atoms with Gasteiger partial charge in [0, 0.05) is 19.4 Å². The molecule has 4 nitrogen and oxygen atoms in total. The topological polar surface area (TPSA) is 72.2 Å². The summed E-state index contributed by atoms with van der Waals surface area (Å²) in [5.41, 5.74) is 5.05. The van der Waals surface area contributed by atoms with Gasteiger partial charge in [-0.15, -0.1) is 0 Å². The summed E-state index contributed by atoms with van der Waals surface area (Å²) in [6.07, 6.45) is 8.32. The summed E-state index contributed by atoms with van der Waals surface area (Å²) in [6, 6.07) is 0. The lowest BCUT2D eigenvalue weighted by Crippen LogP contribution is -2.24. The van der Waals surface area contributed by atoms with E-state index in [0.717, 1.165) is 51.0 Å². The van der Waals surface area contributed by atoms with E-state index in [1.807, 2.05) is 0 Å². The molecule has 1 atom stereocenters. The Bertz CT molecular complexity index is 255. The van der Waals surface area contributed by atoms with Crippen LogP contribution in [0, 0.1) is 5.92 Å². The maximum absolute atomic E-state index is 11.5. The molecule has 0 aliphatic heterocycles. The first-order valence-electron chi connectivity index (χ1n) is 7.61. The van der Waals surface area contributed by atoms with Crippen molar-refractivity contribution in [3.63, 3.8) is 0 Å². The fourth-order valence-electron chi connectivity index (χ4n) is 1.91. The van der Waals surface area contributed by atoms with Gasteiger partial charge in [0.2, 0.25) is 11.8 Å². The molecule has 0 aromatic rings. The molecule has 0 unspecified atom stereocenters. The third kappa shape index (κ3) is 13.2. The van der Waals surface area contributed by atoms with Crippen molar-refractivity contribution in [3.8, 4) is 0 Å². The minimum Gasteiger partial charge on any atom is -0.370 e. The summed E-state index contributed by atoms with van der Waals surface area (Å²) in [7, 11) is 0. The van der Waals surface area contributed by atoms with Crippen LogP contribution in [0.4, 0.5) is 0 Å². The zero-order valence-corrected chi connectivity index (χ0v) is 12.5. The predicted octanol–water partition coefficient (Wildman–Crippen LogP) is 2.75. The van der Waals surface area contributed by atoms with Gasteiger partial charge in [-0.05, 0) is 25.2 Å². The smallest absolute Gasteiger partial charge is 0.219 e. The molecule has 0 rings (SSSR count). The van der Waals surface area contributed by atoms with E-state index in [2.05, 4.69) is 19.2 Å². The standard InChI is InChI=1S/C15H30N2O2/c1-3-13(2)9-8-11-15(19)17-12-7-5-4-6-10-14(16)18/h13H,3-12H2,1-2H3,(H2,16,18)(H,17,19)/t13-/m0/s1. The summed E-state index contributed by atoms with van der Waals surface area (Å²) in [4.78, 5) is 22.0. The Morgan fingerprint density at radius 3 is 2.37 bits per heavy atom. The average molecular weight is 270 g/mol. The van der Waals surface area contributed by atoms with Gasteiger partial charge in [-0.2, -0.15) is 0 Å². The first kappa shape index (κ1) is 17.9. The van der Waals surface area contributed by atoms with Crippen LogP contribution in [0.3, 0.4) is 0 Å². The fourth-order valence-corrected chi connectivity index (χ4v) is 1.91. The highest BCUT2D eigenvalue weighted by Crippen LogP contribution is 2.10. The number of carbonyl (C=O) groups excluding carboxylic acids is 2. The monoisotopic (exact) mass is 270 g/mol. The molecule has 3 N–H and O–H groups in total. The lowest BCUT2D eigenvalue weighted by Gasteiger charge is -2.08. The molecular weight excluding hydrogens is 240 g/mol. The van der Waals surface area contributed by atoms with Crippen LogP contribution >= 0.6 is 0 Å².